The van der Waals surface area contributed by atoms with Crippen LogP contribution in [0.15, 0.2) is 53.8 Å². The predicted molar refractivity (Wildman–Crippen MR) is 67.1 cm³/mol. The third kappa shape index (κ3) is 4.13. The van der Waals surface area contributed by atoms with Gasteiger partial charge in [0.15, 0.2) is 0 Å². The minimum absolute atomic E-state index is 0.680. The lowest BCUT2D eigenvalue weighted by Gasteiger charge is -2.01. The van der Waals surface area contributed by atoms with Gasteiger partial charge in [0.25, 0.3) is 0 Å². The lowest BCUT2D eigenvalue weighted by atomic mass is 10.0. The van der Waals surface area contributed by atoms with E-state index in [-0.39, 0.29) is 0 Å². The molecule has 2 nitrogen and oxygen atoms in total. The van der Waals surface area contributed by atoms with E-state index in [1.165, 1.54) is 0 Å². The Morgan fingerprint density at radius 3 is 2.56 bits per heavy atom. The van der Waals surface area contributed by atoms with Crippen molar-refractivity contribution in [3.05, 3.63) is 59.3 Å². The third-order valence-electron chi connectivity index (χ3n) is 2.19. The smallest absolute Gasteiger partial charge is 0.146 e. The number of allylic oxidation sites excluding steroid dienone is 3. The fourth-order valence-corrected chi connectivity index (χ4v) is 1.52. The second kappa shape index (κ2) is 6.62. The van der Waals surface area contributed by atoms with Crippen LogP contribution in [-0.2, 0) is 11.2 Å². The summed E-state index contributed by atoms with van der Waals surface area (Å²) in [5.41, 5.74) is 2.98. The number of aldehydes is 1. The molecule has 0 amide bonds. The first-order valence-corrected chi connectivity index (χ1v) is 5.30. The highest BCUT2D eigenvalue weighted by molar-refractivity contribution is 5.75. The number of hydrogen-bond acceptors (Lipinski definition) is 2. The maximum atomic E-state index is 10.9. The molecule has 0 aliphatic heterocycles. The maximum absolute atomic E-state index is 10.9. The average molecular weight is 215 g/mol. The van der Waals surface area contributed by atoms with Crippen LogP contribution < -0.4 is 5.32 Å². The standard InChI is InChI=1S/C14H17NO/c1-12(10-15-2)8-14(11-16)9-13-6-4-3-5-7-13/h3-8,10-11,15H,9H2,1-2H3/b12-10-,14-8+. The average Bonchev–Trinajstić information content (AvgIpc) is 2.30. The molecule has 0 bridgehead atoms. The number of carbonyl (C=O) groups is 1. The summed E-state index contributed by atoms with van der Waals surface area (Å²) in [5, 5.41) is 2.94. The van der Waals surface area contributed by atoms with Gasteiger partial charge in [0, 0.05) is 13.5 Å². The lowest BCUT2D eigenvalue weighted by molar-refractivity contribution is -0.105. The SMILES string of the molecule is CN/C=C(C)\C=C(\C=O)Cc1ccccc1. The van der Waals surface area contributed by atoms with Crippen molar-refractivity contribution < 1.29 is 4.79 Å². The van der Waals surface area contributed by atoms with Crippen molar-refractivity contribution in [1.29, 1.82) is 0 Å². The summed E-state index contributed by atoms with van der Waals surface area (Å²) in [4.78, 5) is 10.9. The van der Waals surface area contributed by atoms with Gasteiger partial charge in [0.1, 0.15) is 6.29 Å². The molecule has 0 radical (unpaired) electrons. The Morgan fingerprint density at radius 2 is 2.00 bits per heavy atom. The van der Waals surface area contributed by atoms with E-state index in [9.17, 15) is 4.79 Å². The molecule has 16 heavy (non-hydrogen) atoms. The molecule has 0 aliphatic carbocycles. The van der Waals surface area contributed by atoms with E-state index in [1.807, 2.05) is 56.6 Å². The van der Waals surface area contributed by atoms with E-state index < -0.39 is 0 Å². The summed E-state index contributed by atoms with van der Waals surface area (Å²) >= 11 is 0. The first-order valence-electron chi connectivity index (χ1n) is 5.30. The second-order valence-electron chi connectivity index (χ2n) is 3.68. The van der Waals surface area contributed by atoms with E-state index in [0.717, 1.165) is 23.0 Å². The minimum atomic E-state index is 0.680. The molecule has 1 aromatic carbocycles. The maximum Gasteiger partial charge on any atom is 0.146 e. The van der Waals surface area contributed by atoms with Crippen LogP contribution in [-0.4, -0.2) is 13.3 Å². The van der Waals surface area contributed by atoms with Crippen molar-refractivity contribution >= 4 is 6.29 Å². The molecule has 0 aromatic heterocycles. The molecule has 84 valence electrons. The van der Waals surface area contributed by atoms with Gasteiger partial charge >= 0.3 is 0 Å². The van der Waals surface area contributed by atoms with Crippen LogP contribution in [0.2, 0.25) is 0 Å². The lowest BCUT2D eigenvalue weighted by Crippen LogP contribution is -1.96. The molecule has 0 unspecified atom stereocenters. The minimum Gasteiger partial charge on any atom is -0.394 e. The van der Waals surface area contributed by atoms with Gasteiger partial charge in [-0.1, -0.05) is 36.4 Å². The Bertz CT molecular complexity index is 390. The quantitative estimate of drug-likeness (QED) is 0.464. The van der Waals surface area contributed by atoms with Crippen molar-refractivity contribution in [2.24, 2.45) is 0 Å². The summed E-state index contributed by atoms with van der Waals surface area (Å²) < 4.78 is 0. The first kappa shape index (κ1) is 12.2. The number of benzene rings is 1. The zero-order valence-electron chi connectivity index (χ0n) is 9.73. The number of rotatable bonds is 5. The van der Waals surface area contributed by atoms with Crippen molar-refractivity contribution in [3.8, 4) is 0 Å². The van der Waals surface area contributed by atoms with Crippen LogP contribution in [0, 0.1) is 0 Å². The van der Waals surface area contributed by atoms with Gasteiger partial charge in [-0.3, -0.25) is 4.79 Å². The fraction of sp³-hybridized carbons (Fsp3) is 0.214. The molecule has 1 aromatic rings. The normalized spacial score (nSPS) is 12.4. The second-order valence-corrected chi connectivity index (χ2v) is 3.68. The van der Waals surface area contributed by atoms with Gasteiger partial charge in [-0.2, -0.15) is 0 Å². The molecule has 0 heterocycles. The van der Waals surface area contributed by atoms with E-state index in [1.54, 1.807) is 0 Å². The molecular weight excluding hydrogens is 198 g/mol. The molecule has 0 atom stereocenters. The van der Waals surface area contributed by atoms with Gasteiger partial charge in [0.05, 0.1) is 0 Å². The largest absolute Gasteiger partial charge is 0.394 e. The Labute approximate surface area is 96.7 Å². The van der Waals surface area contributed by atoms with Crippen LogP contribution in [0.3, 0.4) is 0 Å². The van der Waals surface area contributed by atoms with Crippen LogP contribution in [0.1, 0.15) is 12.5 Å². The first-order chi connectivity index (χ1) is 7.76. The van der Waals surface area contributed by atoms with Crippen molar-refractivity contribution in [2.45, 2.75) is 13.3 Å². The van der Waals surface area contributed by atoms with Gasteiger partial charge in [-0.05, 0) is 29.8 Å². The van der Waals surface area contributed by atoms with Gasteiger partial charge in [-0.25, -0.2) is 0 Å². The van der Waals surface area contributed by atoms with Crippen molar-refractivity contribution in [3.63, 3.8) is 0 Å². The Balaban J connectivity index is 2.77. The highest BCUT2D eigenvalue weighted by Crippen LogP contribution is 2.08. The Morgan fingerprint density at radius 1 is 1.31 bits per heavy atom. The Kier molecular flexibility index (Phi) is 5.06. The summed E-state index contributed by atoms with van der Waals surface area (Å²) in [5.74, 6) is 0. The van der Waals surface area contributed by atoms with Crippen molar-refractivity contribution in [1.82, 2.24) is 5.32 Å². The monoisotopic (exact) mass is 215 g/mol. The Hall–Kier alpha value is -1.83. The van der Waals surface area contributed by atoms with Gasteiger partial charge in [0.2, 0.25) is 0 Å². The zero-order valence-corrected chi connectivity index (χ0v) is 9.73. The van der Waals surface area contributed by atoms with Crippen LogP contribution in [0.5, 0.6) is 0 Å². The van der Waals surface area contributed by atoms with Gasteiger partial charge in [-0.15, -0.1) is 0 Å². The fourth-order valence-electron chi connectivity index (χ4n) is 1.52. The molecule has 0 aliphatic rings. The molecule has 0 saturated carbocycles. The van der Waals surface area contributed by atoms with Crippen LogP contribution >= 0.6 is 0 Å². The topological polar surface area (TPSA) is 29.1 Å². The van der Waals surface area contributed by atoms with E-state index in [4.69, 9.17) is 0 Å². The molecule has 1 N–H and O–H groups in total. The van der Waals surface area contributed by atoms with Crippen molar-refractivity contribution in [2.75, 3.05) is 7.05 Å². The summed E-state index contributed by atoms with van der Waals surface area (Å²) in [7, 11) is 1.84. The van der Waals surface area contributed by atoms with E-state index in [0.29, 0.717) is 6.42 Å². The molecular formula is C14H17NO. The van der Waals surface area contributed by atoms with Crippen LogP contribution in [0.25, 0.3) is 0 Å². The van der Waals surface area contributed by atoms with Gasteiger partial charge < -0.3 is 5.32 Å². The highest BCUT2D eigenvalue weighted by atomic mass is 16.1. The number of nitrogens with one attached hydrogen (secondary N) is 1. The number of hydrogen-bond donors (Lipinski definition) is 1. The highest BCUT2D eigenvalue weighted by Gasteiger charge is 1.98. The summed E-state index contributed by atoms with van der Waals surface area (Å²) in [6.45, 7) is 1.96. The molecule has 0 saturated heterocycles. The predicted octanol–water partition coefficient (Wildman–Crippen LogP) is 2.48. The van der Waals surface area contributed by atoms with E-state index >= 15 is 0 Å². The van der Waals surface area contributed by atoms with Crippen LogP contribution in [0.4, 0.5) is 0 Å². The molecule has 1 rings (SSSR count). The zero-order chi connectivity index (χ0) is 11.8. The summed E-state index contributed by atoms with van der Waals surface area (Å²) in [6.07, 6.45) is 5.37. The van der Waals surface area contributed by atoms with E-state index in [2.05, 4.69) is 5.32 Å². The summed E-state index contributed by atoms with van der Waals surface area (Å²) in [6, 6.07) is 9.98. The number of carbonyl (C=O) groups excluding carboxylic acids is 1. The third-order valence-corrected chi connectivity index (χ3v) is 2.19. The molecule has 2 heteroatoms. The molecule has 0 fully saturated rings. The molecule has 0 spiro atoms.